The van der Waals surface area contributed by atoms with E-state index in [9.17, 15) is 19.2 Å². The fourth-order valence-electron chi connectivity index (χ4n) is 5.92. The smallest absolute Gasteiger partial charge is 0.308 e. The van der Waals surface area contributed by atoms with Gasteiger partial charge >= 0.3 is 4.87 Å². The number of benzene rings is 3. The summed E-state index contributed by atoms with van der Waals surface area (Å²) < 4.78 is 1.43. The van der Waals surface area contributed by atoms with Crippen LogP contribution in [-0.2, 0) is 20.9 Å². The highest BCUT2D eigenvalue weighted by atomic mass is 35.5. The Kier molecular flexibility index (Phi) is 8.41. The maximum atomic E-state index is 14.1. The molecule has 8 nitrogen and oxygen atoms in total. The van der Waals surface area contributed by atoms with E-state index in [1.807, 2.05) is 55.5 Å². The average Bonchev–Trinajstić information content (AvgIpc) is 3.46. The number of imide groups is 1. The van der Waals surface area contributed by atoms with Crippen LogP contribution in [0.4, 0.5) is 17.1 Å². The number of thioether (sulfide) groups is 1. The van der Waals surface area contributed by atoms with Gasteiger partial charge in [0.2, 0.25) is 17.7 Å². The van der Waals surface area contributed by atoms with Crippen LogP contribution in [0.2, 0.25) is 5.02 Å². The third kappa shape index (κ3) is 5.46. The van der Waals surface area contributed by atoms with E-state index in [0.29, 0.717) is 26.3 Å². The monoisotopic (exact) mass is 646 g/mol. The van der Waals surface area contributed by atoms with Crippen molar-refractivity contribution in [3.63, 3.8) is 0 Å². The van der Waals surface area contributed by atoms with Crippen LogP contribution in [-0.4, -0.2) is 40.6 Å². The van der Waals surface area contributed by atoms with E-state index in [0.717, 1.165) is 41.2 Å². The summed E-state index contributed by atoms with van der Waals surface area (Å²) in [4.78, 5) is 58.4. The third-order valence-corrected chi connectivity index (χ3v) is 11.0. The Bertz CT molecular complexity index is 1780. The molecule has 0 aliphatic carbocycles. The molecule has 0 radical (unpaired) electrons. The van der Waals surface area contributed by atoms with Gasteiger partial charge in [0.05, 0.1) is 16.6 Å². The second-order valence-electron chi connectivity index (χ2n) is 10.8. The molecule has 0 saturated carbocycles. The number of anilines is 3. The van der Waals surface area contributed by atoms with Crippen molar-refractivity contribution in [1.29, 1.82) is 0 Å². The minimum absolute atomic E-state index is 0.209. The van der Waals surface area contributed by atoms with Crippen molar-refractivity contribution < 1.29 is 14.4 Å². The lowest BCUT2D eigenvalue weighted by Crippen LogP contribution is -2.33. The number of halogens is 1. The minimum Gasteiger partial charge on any atom is -0.372 e. The van der Waals surface area contributed by atoms with Crippen molar-refractivity contribution >= 4 is 69.5 Å². The molecule has 3 aromatic carbocycles. The zero-order chi connectivity index (χ0) is 31.1. The van der Waals surface area contributed by atoms with E-state index in [1.54, 1.807) is 24.3 Å². The number of hydrogen-bond donors (Lipinski definition) is 1. The summed E-state index contributed by atoms with van der Waals surface area (Å²) in [7, 11) is 0. The Balaban J connectivity index is 1.41. The van der Waals surface area contributed by atoms with Gasteiger partial charge in [-0.05, 0) is 74.9 Å². The normalized spacial score (nSPS) is 19.1. The van der Waals surface area contributed by atoms with E-state index < -0.39 is 17.1 Å². The second kappa shape index (κ2) is 12.3. The Morgan fingerprint density at radius 1 is 0.909 bits per heavy atom. The first-order valence-corrected chi connectivity index (χ1v) is 16.5. The van der Waals surface area contributed by atoms with Gasteiger partial charge in [0, 0.05) is 40.3 Å². The third-order valence-electron chi connectivity index (χ3n) is 8.15. The predicted molar refractivity (Wildman–Crippen MR) is 177 cm³/mol. The second-order valence-corrected chi connectivity index (χ2v) is 13.4. The fourth-order valence-corrected chi connectivity index (χ4v) is 8.82. The lowest BCUT2D eigenvalue weighted by atomic mass is 9.83. The SMILES string of the molecule is CCN(CC)c1ccc(C2c3sc(=O)n(CC(=O)Nc4ccc(C)cc4)c3SC3C(=O)N(c4ccc(Cl)cc4)C(=O)C32)cc1. The quantitative estimate of drug-likeness (QED) is 0.231. The number of hydrogen-bond acceptors (Lipinski definition) is 7. The zero-order valence-electron chi connectivity index (χ0n) is 24.5. The largest absolute Gasteiger partial charge is 0.372 e. The van der Waals surface area contributed by atoms with Crippen LogP contribution in [0.5, 0.6) is 0 Å². The summed E-state index contributed by atoms with van der Waals surface area (Å²) in [5.41, 5.74) is 4.04. The molecule has 2 aliphatic heterocycles. The molecule has 226 valence electrons. The first-order valence-electron chi connectivity index (χ1n) is 14.4. The maximum absolute atomic E-state index is 14.1. The summed E-state index contributed by atoms with van der Waals surface area (Å²) in [5, 5.41) is 3.15. The number of nitrogens with one attached hydrogen (secondary N) is 1. The van der Waals surface area contributed by atoms with Gasteiger partial charge in [0.25, 0.3) is 0 Å². The van der Waals surface area contributed by atoms with Gasteiger partial charge in [-0.25, -0.2) is 4.90 Å². The number of carbonyl (C=O) groups excluding carboxylic acids is 3. The topological polar surface area (TPSA) is 91.7 Å². The zero-order valence-corrected chi connectivity index (χ0v) is 26.8. The Morgan fingerprint density at radius 3 is 2.20 bits per heavy atom. The van der Waals surface area contributed by atoms with Crippen molar-refractivity contribution in [3.8, 4) is 0 Å². The van der Waals surface area contributed by atoms with Crippen LogP contribution in [0.15, 0.2) is 82.6 Å². The summed E-state index contributed by atoms with van der Waals surface area (Å²) in [6, 6.07) is 22.0. The average molecular weight is 647 g/mol. The van der Waals surface area contributed by atoms with Gasteiger partial charge in [-0.1, -0.05) is 64.5 Å². The Morgan fingerprint density at radius 2 is 1.57 bits per heavy atom. The molecule has 3 atom stereocenters. The molecular weight excluding hydrogens is 616 g/mol. The molecule has 4 aromatic rings. The predicted octanol–water partition coefficient (Wildman–Crippen LogP) is 6.15. The van der Waals surface area contributed by atoms with Crippen LogP contribution < -0.4 is 20.0 Å². The highest BCUT2D eigenvalue weighted by Gasteiger charge is 2.56. The van der Waals surface area contributed by atoms with Gasteiger partial charge in [-0.2, -0.15) is 0 Å². The van der Waals surface area contributed by atoms with E-state index in [-0.39, 0.29) is 29.1 Å². The first kappa shape index (κ1) is 30.2. The van der Waals surface area contributed by atoms with E-state index >= 15 is 0 Å². The van der Waals surface area contributed by atoms with Crippen molar-refractivity contribution in [3.05, 3.63) is 103 Å². The summed E-state index contributed by atoms with van der Waals surface area (Å²) >= 11 is 8.33. The molecule has 6 rings (SSSR count). The molecule has 1 aromatic heterocycles. The molecule has 44 heavy (non-hydrogen) atoms. The fraction of sp³-hybridized carbons (Fsp3) is 0.273. The molecular formula is C33H31ClN4O4S2. The minimum atomic E-state index is -0.765. The van der Waals surface area contributed by atoms with E-state index in [4.69, 9.17) is 11.6 Å². The molecule has 0 spiro atoms. The van der Waals surface area contributed by atoms with Crippen molar-refractivity contribution in [1.82, 2.24) is 4.57 Å². The van der Waals surface area contributed by atoms with Crippen molar-refractivity contribution in [2.45, 2.75) is 43.5 Å². The van der Waals surface area contributed by atoms with Crippen LogP contribution in [0.1, 0.15) is 35.8 Å². The number of nitrogens with zero attached hydrogens (tertiary/aromatic N) is 3. The first-order chi connectivity index (χ1) is 21.2. The number of aromatic nitrogens is 1. The summed E-state index contributed by atoms with van der Waals surface area (Å²) in [6.45, 7) is 7.64. The summed E-state index contributed by atoms with van der Waals surface area (Å²) in [6.07, 6.45) is 0. The number of carbonyl (C=O) groups is 3. The molecule has 1 fully saturated rings. The van der Waals surface area contributed by atoms with Crippen LogP contribution in [0, 0.1) is 12.8 Å². The van der Waals surface area contributed by atoms with Crippen molar-refractivity contribution in [2.75, 3.05) is 28.2 Å². The number of amides is 3. The van der Waals surface area contributed by atoms with Crippen LogP contribution >= 0.6 is 34.7 Å². The van der Waals surface area contributed by atoms with Crippen molar-refractivity contribution in [2.24, 2.45) is 5.92 Å². The standard InChI is InChI=1S/C33H31ClN4O4S2/c1-4-36(5-2)23-14-8-20(9-15-23)26-27-28(31(41)38(30(27)40)24-16-10-21(34)11-17-24)43-32-29(26)44-33(42)37(32)18-25(39)35-22-12-6-19(3)7-13-22/h6-17,26-28H,4-5,18H2,1-3H3,(H,35,39). The van der Waals surface area contributed by atoms with Gasteiger partial charge in [-0.15, -0.1) is 0 Å². The number of thiazole rings is 1. The highest BCUT2D eigenvalue weighted by Crippen LogP contribution is 2.54. The highest BCUT2D eigenvalue weighted by molar-refractivity contribution is 8.00. The maximum Gasteiger partial charge on any atom is 0.308 e. The number of fused-ring (bicyclic) bond motifs is 2. The number of rotatable bonds is 8. The molecule has 2 aliphatic rings. The Hall–Kier alpha value is -3.86. The van der Waals surface area contributed by atoms with Gasteiger partial charge in [-0.3, -0.25) is 23.7 Å². The molecule has 0 bridgehead atoms. The molecule has 11 heteroatoms. The Labute approximate surface area is 268 Å². The van der Waals surface area contributed by atoms with Crippen LogP contribution in [0.25, 0.3) is 0 Å². The molecule has 3 heterocycles. The lowest BCUT2D eigenvalue weighted by Gasteiger charge is -2.31. The van der Waals surface area contributed by atoms with E-state index in [2.05, 4.69) is 24.1 Å². The molecule has 1 N–H and O–H groups in total. The van der Waals surface area contributed by atoms with Gasteiger partial charge < -0.3 is 10.2 Å². The van der Waals surface area contributed by atoms with E-state index in [1.165, 1.54) is 21.2 Å². The van der Waals surface area contributed by atoms with Crippen LogP contribution in [0.3, 0.4) is 0 Å². The summed E-state index contributed by atoms with van der Waals surface area (Å²) in [5.74, 6) is -2.27. The molecule has 1 saturated heterocycles. The number of aryl methyl sites for hydroxylation is 1. The van der Waals surface area contributed by atoms with Gasteiger partial charge in [0.1, 0.15) is 11.8 Å². The van der Waals surface area contributed by atoms with Gasteiger partial charge in [0.15, 0.2) is 0 Å². The molecule has 3 amide bonds. The molecule has 3 unspecified atom stereocenters. The lowest BCUT2D eigenvalue weighted by molar-refractivity contribution is -0.122.